The van der Waals surface area contributed by atoms with E-state index in [0.717, 1.165) is 12.8 Å². The summed E-state index contributed by atoms with van der Waals surface area (Å²) in [6.45, 7) is 17.9. The first-order chi connectivity index (χ1) is 24.8. The molecule has 54 heavy (non-hydrogen) atoms. The number of aliphatic hydroxyl groups is 8. The molecular formula is C41H68O13. The molecule has 0 radical (unpaired) electrons. The molecule has 5 saturated carbocycles. The number of aliphatic hydroxyl groups excluding tert-OH is 7. The highest BCUT2D eigenvalue weighted by atomic mass is 16.8. The molecule has 2 aliphatic heterocycles. The van der Waals surface area contributed by atoms with Gasteiger partial charge in [-0.1, -0.05) is 41.5 Å². The van der Waals surface area contributed by atoms with Gasteiger partial charge in [0, 0.05) is 23.7 Å². The molecule has 1 unspecified atom stereocenters. The minimum atomic E-state index is -1.64. The summed E-state index contributed by atoms with van der Waals surface area (Å²) in [6, 6.07) is 0. The first-order valence-corrected chi connectivity index (χ1v) is 20.4. The van der Waals surface area contributed by atoms with Crippen molar-refractivity contribution in [3.8, 4) is 0 Å². The highest BCUT2D eigenvalue weighted by Gasteiger charge is 2.75. The first-order valence-electron chi connectivity index (χ1n) is 20.4. The number of fused-ring (bicyclic) bond motifs is 7. The highest BCUT2D eigenvalue weighted by Crippen LogP contribution is 2.77. The molecule has 0 aromatic carbocycles. The molecule has 7 aliphatic rings. The van der Waals surface area contributed by atoms with Crippen LogP contribution in [0.4, 0.5) is 0 Å². The second-order valence-corrected chi connectivity index (χ2v) is 20.9. The lowest BCUT2D eigenvalue weighted by Gasteiger charge is -2.73. The van der Waals surface area contributed by atoms with E-state index in [1.54, 1.807) is 13.8 Å². The van der Waals surface area contributed by atoms with E-state index >= 15 is 0 Å². The van der Waals surface area contributed by atoms with Crippen LogP contribution in [0.3, 0.4) is 0 Å². The van der Waals surface area contributed by atoms with Crippen LogP contribution in [-0.2, 0) is 23.7 Å². The zero-order valence-corrected chi connectivity index (χ0v) is 33.6. The number of hydrogen-bond acceptors (Lipinski definition) is 13. The summed E-state index contributed by atoms with van der Waals surface area (Å²) in [7, 11) is 0. The molecule has 13 nitrogen and oxygen atoms in total. The van der Waals surface area contributed by atoms with Crippen molar-refractivity contribution in [1.82, 2.24) is 0 Å². The third-order valence-corrected chi connectivity index (χ3v) is 17.1. The predicted molar refractivity (Wildman–Crippen MR) is 193 cm³/mol. The SMILES string of the molecule is C[C@@H]1O[C@@H](O[C@H]2[C@H](O[C@H]3CC[C@]4(C)[C@H]5CCC6[C@@]7(C)C[C@H](O)[C@@H](C(C)(C)O)[C@@H]7[C@@H](O)C[C@@]6(C)[C@]5(C)CC(=O)[C@H]4C3(C)C)OC[C@@H](O)[C@@H]2O)[C@H](O)[C@H](O)[C@H]1O. The normalized spacial score (nSPS) is 57.4. The molecule has 0 aromatic rings. The minimum absolute atomic E-state index is 0.156. The smallest absolute Gasteiger partial charge is 0.187 e. The Kier molecular flexibility index (Phi) is 10.2. The Morgan fingerprint density at radius 1 is 0.722 bits per heavy atom. The Morgan fingerprint density at radius 3 is 1.98 bits per heavy atom. The van der Waals surface area contributed by atoms with Crippen molar-refractivity contribution in [2.24, 2.45) is 56.7 Å². The number of carbonyl (C=O) groups is 1. The van der Waals surface area contributed by atoms with Crippen molar-refractivity contribution in [3.63, 3.8) is 0 Å². The molecule has 7 fully saturated rings. The van der Waals surface area contributed by atoms with Crippen LogP contribution >= 0.6 is 0 Å². The molecule has 0 spiro atoms. The molecule has 8 N–H and O–H groups in total. The van der Waals surface area contributed by atoms with Gasteiger partial charge in [0.1, 0.15) is 42.4 Å². The predicted octanol–water partition coefficient (Wildman–Crippen LogP) is 1.66. The first kappa shape index (κ1) is 41.4. The van der Waals surface area contributed by atoms with E-state index < -0.39 is 101 Å². The van der Waals surface area contributed by atoms with Crippen LogP contribution < -0.4 is 0 Å². The molecule has 2 heterocycles. The molecule has 0 amide bonds. The van der Waals surface area contributed by atoms with Crippen LogP contribution in [0.2, 0.25) is 0 Å². The van der Waals surface area contributed by atoms with Crippen molar-refractivity contribution in [3.05, 3.63) is 0 Å². The van der Waals surface area contributed by atoms with E-state index in [2.05, 4.69) is 41.5 Å². The maximum Gasteiger partial charge on any atom is 0.187 e. The van der Waals surface area contributed by atoms with Gasteiger partial charge >= 0.3 is 0 Å². The van der Waals surface area contributed by atoms with Gasteiger partial charge in [-0.3, -0.25) is 4.79 Å². The van der Waals surface area contributed by atoms with Gasteiger partial charge < -0.3 is 59.8 Å². The van der Waals surface area contributed by atoms with Gasteiger partial charge in [0.05, 0.1) is 36.6 Å². The Labute approximate surface area is 319 Å². The fraction of sp³-hybridized carbons (Fsp3) is 0.976. The van der Waals surface area contributed by atoms with E-state index in [0.29, 0.717) is 32.1 Å². The Morgan fingerprint density at radius 2 is 1.35 bits per heavy atom. The van der Waals surface area contributed by atoms with E-state index in [9.17, 15) is 45.6 Å². The van der Waals surface area contributed by atoms with E-state index in [1.807, 2.05) is 0 Å². The summed E-state index contributed by atoms with van der Waals surface area (Å²) in [6.07, 6.45) is -9.67. The average molecular weight is 769 g/mol. The molecule has 2 saturated heterocycles. The van der Waals surface area contributed by atoms with Gasteiger partial charge in [-0.05, 0) is 98.7 Å². The fourth-order valence-electron chi connectivity index (χ4n) is 14.8. The molecule has 0 bridgehead atoms. The molecule has 13 heteroatoms. The third kappa shape index (κ3) is 5.79. The molecule has 0 aromatic heterocycles. The van der Waals surface area contributed by atoms with Gasteiger partial charge in [-0.15, -0.1) is 0 Å². The third-order valence-electron chi connectivity index (χ3n) is 17.1. The standard InChI is InChI=1S/C41H68O13/c1-18-28(46)30(48)31(49)34(52-18)54-32-29(47)22(45)17-51-35(32)53-25-12-13-38(6)23-10-11-24-39(7)14-19(42)26(37(4,5)50)27(39)20(43)15-40(24,8)41(23,9)16-21(44)33(38)36(25,2)3/h18-20,22-35,42-43,45-50H,10-17H2,1-9H3/t18-,19-,20-,22+,23+,24?,25-,26+,27-,28-,29-,30+,31+,32+,33-,34-,35-,38+,39+,40+,41+/m0/s1. The quantitative estimate of drug-likeness (QED) is 0.187. The lowest BCUT2D eigenvalue weighted by Crippen LogP contribution is -2.71. The van der Waals surface area contributed by atoms with Crippen LogP contribution in [0.25, 0.3) is 0 Å². The van der Waals surface area contributed by atoms with E-state index in [4.69, 9.17) is 18.9 Å². The second kappa shape index (κ2) is 13.4. The zero-order valence-electron chi connectivity index (χ0n) is 33.6. The number of hydrogen-bond donors (Lipinski definition) is 8. The van der Waals surface area contributed by atoms with Crippen LogP contribution in [-0.4, -0.2) is 132 Å². The minimum Gasteiger partial charge on any atom is -0.393 e. The zero-order chi connectivity index (χ0) is 39.9. The van der Waals surface area contributed by atoms with Crippen LogP contribution in [0.5, 0.6) is 0 Å². The number of ketones is 1. The van der Waals surface area contributed by atoms with Crippen molar-refractivity contribution < 1.29 is 64.6 Å². The molecule has 21 atom stereocenters. The topological polar surface area (TPSA) is 216 Å². The molecule has 7 rings (SSSR count). The number of rotatable bonds is 5. The van der Waals surface area contributed by atoms with Crippen molar-refractivity contribution in [2.45, 2.75) is 186 Å². The summed E-state index contributed by atoms with van der Waals surface area (Å²) >= 11 is 0. The molecule has 5 aliphatic carbocycles. The summed E-state index contributed by atoms with van der Waals surface area (Å²) in [5.74, 6) is -0.570. The van der Waals surface area contributed by atoms with Crippen LogP contribution in [0, 0.1) is 56.7 Å². The lowest BCUT2D eigenvalue weighted by atomic mass is 9.31. The monoisotopic (exact) mass is 768 g/mol. The lowest BCUT2D eigenvalue weighted by molar-refractivity contribution is -0.364. The maximum absolute atomic E-state index is 14.9. The molecule has 310 valence electrons. The number of Topliss-reactive ketones (excluding diaryl/α,β-unsaturated/α-hetero) is 1. The number of ether oxygens (including phenoxy) is 4. The van der Waals surface area contributed by atoms with Crippen molar-refractivity contribution in [2.75, 3.05) is 6.61 Å². The van der Waals surface area contributed by atoms with Gasteiger partial charge in [0.2, 0.25) is 0 Å². The van der Waals surface area contributed by atoms with Gasteiger partial charge in [-0.2, -0.15) is 0 Å². The highest BCUT2D eigenvalue weighted by molar-refractivity contribution is 5.85. The van der Waals surface area contributed by atoms with Gasteiger partial charge in [-0.25, -0.2) is 0 Å². The summed E-state index contributed by atoms with van der Waals surface area (Å²) in [4.78, 5) is 14.9. The second-order valence-electron chi connectivity index (χ2n) is 20.9. The van der Waals surface area contributed by atoms with Crippen molar-refractivity contribution in [1.29, 1.82) is 0 Å². The van der Waals surface area contributed by atoms with Gasteiger partial charge in [0.25, 0.3) is 0 Å². The Bertz CT molecular complexity index is 1440. The molecular weight excluding hydrogens is 700 g/mol. The van der Waals surface area contributed by atoms with Gasteiger partial charge in [0.15, 0.2) is 12.6 Å². The van der Waals surface area contributed by atoms with Crippen LogP contribution in [0.1, 0.15) is 107 Å². The van der Waals surface area contributed by atoms with E-state index in [1.165, 1.54) is 6.92 Å². The maximum atomic E-state index is 14.9. The largest absolute Gasteiger partial charge is 0.393 e. The Balaban J connectivity index is 1.14. The van der Waals surface area contributed by atoms with Crippen molar-refractivity contribution >= 4 is 5.78 Å². The Hall–Kier alpha value is -0.810. The summed E-state index contributed by atoms with van der Waals surface area (Å²) in [5, 5.41) is 87.5. The number of carbonyl (C=O) groups excluding carboxylic acids is 1. The summed E-state index contributed by atoms with van der Waals surface area (Å²) < 4.78 is 24.2. The van der Waals surface area contributed by atoms with Crippen LogP contribution in [0.15, 0.2) is 0 Å². The fourth-order valence-corrected chi connectivity index (χ4v) is 14.8. The van der Waals surface area contributed by atoms with E-state index in [-0.39, 0.29) is 46.9 Å². The summed E-state index contributed by atoms with van der Waals surface area (Å²) in [5.41, 5.74) is -3.43. The average Bonchev–Trinajstić information content (AvgIpc) is 3.35.